The third-order valence-electron chi connectivity index (χ3n) is 6.29. The Hall–Kier alpha value is -3.66. The van der Waals surface area contributed by atoms with Crippen LogP contribution in [0.3, 0.4) is 0 Å². The minimum absolute atomic E-state index is 0.0900. The van der Waals surface area contributed by atoms with Gasteiger partial charge in [-0.3, -0.25) is 14.2 Å². The average molecular weight is 570 g/mol. The second-order valence-corrected chi connectivity index (χ2v) is 11.1. The topological polar surface area (TPSA) is 111 Å². The molecule has 1 heterocycles. The molecule has 0 aliphatic heterocycles. The van der Waals surface area contributed by atoms with Crippen molar-refractivity contribution >= 4 is 28.8 Å². The zero-order valence-corrected chi connectivity index (χ0v) is 24.3. The first-order valence-electron chi connectivity index (χ1n) is 13.3. The zero-order chi connectivity index (χ0) is 29.4. The minimum Gasteiger partial charge on any atom is -0.478 e. The highest BCUT2D eigenvalue weighted by molar-refractivity contribution is 8.14. The maximum absolute atomic E-state index is 15.4. The van der Waals surface area contributed by atoms with Gasteiger partial charge in [0.15, 0.2) is 5.12 Å². The van der Waals surface area contributed by atoms with E-state index in [2.05, 4.69) is 10.3 Å². The van der Waals surface area contributed by atoms with E-state index in [-0.39, 0.29) is 35.6 Å². The number of rotatable bonds is 13. The highest BCUT2D eigenvalue weighted by Crippen LogP contribution is 2.28. The Labute approximate surface area is 238 Å². The molecule has 2 aromatic carbocycles. The number of benzene rings is 2. The number of carboxylic acids is 1. The third kappa shape index (κ3) is 7.71. The number of amides is 1. The van der Waals surface area contributed by atoms with Gasteiger partial charge in [-0.05, 0) is 48.9 Å². The smallest absolute Gasteiger partial charge is 0.336 e. The molecule has 2 N–H and O–H groups in total. The summed E-state index contributed by atoms with van der Waals surface area (Å²) in [4.78, 5) is 41.0. The number of aromatic nitrogens is 2. The predicted molar refractivity (Wildman–Crippen MR) is 154 cm³/mol. The van der Waals surface area contributed by atoms with Crippen molar-refractivity contribution in [2.75, 3.05) is 6.61 Å². The summed E-state index contributed by atoms with van der Waals surface area (Å²) in [5, 5.41) is 11.8. The monoisotopic (exact) mass is 569 g/mol. The van der Waals surface area contributed by atoms with Crippen molar-refractivity contribution in [3.8, 4) is 17.1 Å². The van der Waals surface area contributed by atoms with Crippen LogP contribution in [0.25, 0.3) is 11.1 Å². The average Bonchev–Trinajstić information content (AvgIpc) is 3.23. The van der Waals surface area contributed by atoms with Gasteiger partial charge in [-0.15, -0.1) is 0 Å². The van der Waals surface area contributed by atoms with Crippen LogP contribution in [0.2, 0.25) is 0 Å². The fraction of sp³-hybridized carbons (Fsp3) is 0.400. The molecule has 0 saturated carbocycles. The maximum atomic E-state index is 15.4. The number of nitrogens with one attached hydrogen (secondary N) is 1. The quantitative estimate of drug-likeness (QED) is 0.271. The molecule has 214 valence electrons. The number of carboxylic acid groups (broad SMARTS) is 1. The number of nitrogens with zero attached hydrogens (tertiary/aromatic N) is 2. The number of aromatic carboxylic acids is 1. The lowest BCUT2D eigenvalue weighted by atomic mass is 9.98. The van der Waals surface area contributed by atoms with E-state index in [4.69, 9.17) is 4.74 Å². The SMILES string of the molecule is CCOc1nc(CC)c(CNC(=O)[C@H](CC(C)C)SC(C)=O)n1Cc1ccc(-c2ccccc2C(=O)O)cc1F. The van der Waals surface area contributed by atoms with E-state index in [1.54, 1.807) is 34.9 Å². The third-order valence-corrected chi connectivity index (χ3v) is 7.32. The van der Waals surface area contributed by atoms with Crippen LogP contribution < -0.4 is 10.1 Å². The van der Waals surface area contributed by atoms with Gasteiger partial charge in [0.2, 0.25) is 5.91 Å². The van der Waals surface area contributed by atoms with Crippen molar-refractivity contribution in [1.82, 2.24) is 14.9 Å². The van der Waals surface area contributed by atoms with Crippen LogP contribution in [0.1, 0.15) is 68.3 Å². The van der Waals surface area contributed by atoms with Crippen LogP contribution in [-0.2, 0) is 29.1 Å². The van der Waals surface area contributed by atoms with Gasteiger partial charge < -0.3 is 15.2 Å². The Balaban J connectivity index is 1.93. The van der Waals surface area contributed by atoms with Gasteiger partial charge in [-0.2, -0.15) is 4.98 Å². The number of halogens is 1. The maximum Gasteiger partial charge on any atom is 0.336 e. The highest BCUT2D eigenvalue weighted by Gasteiger charge is 2.25. The minimum atomic E-state index is -1.09. The molecule has 0 radical (unpaired) electrons. The van der Waals surface area contributed by atoms with Crippen molar-refractivity contribution < 1.29 is 28.6 Å². The van der Waals surface area contributed by atoms with E-state index in [1.807, 2.05) is 27.7 Å². The first-order valence-corrected chi connectivity index (χ1v) is 14.2. The summed E-state index contributed by atoms with van der Waals surface area (Å²) in [6.07, 6.45) is 1.13. The van der Waals surface area contributed by atoms with Gasteiger partial charge in [-0.1, -0.05) is 62.9 Å². The second-order valence-electron chi connectivity index (χ2n) is 9.76. The molecule has 1 atom stereocenters. The summed E-state index contributed by atoms with van der Waals surface area (Å²) in [6.45, 7) is 9.81. The second kappa shape index (κ2) is 14.1. The van der Waals surface area contributed by atoms with E-state index in [9.17, 15) is 19.5 Å². The van der Waals surface area contributed by atoms with Crippen LogP contribution in [-0.4, -0.2) is 43.5 Å². The van der Waals surface area contributed by atoms with E-state index in [1.165, 1.54) is 19.1 Å². The lowest BCUT2D eigenvalue weighted by Crippen LogP contribution is -2.34. The molecular formula is C30H36FN3O5S. The fourth-order valence-corrected chi connectivity index (χ4v) is 5.52. The van der Waals surface area contributed by atoms with Crippen LogP contribution >= 0.6 is 11.8 Å². The molecule has 40 heavy (non-hydrogen) atoms. The van der Waals surface area contributed by atoms with Crippen molar-refractivity contribution in [2.24, 2.45) is 5.92 Å². The fourth-order valence-electron chi connectivity index (χ4n) is 4.45. The van der Waals surface area contributed by atoms with Crippen LogP contribution in [0.15, 0.2) is 42.5 Å². The number of hydrogen-bond acceptors (Lipinski definition) is 6. The van der Waals surface area contributed by atoms with Crippen molar-refractivity contribution in [2.45, 2.75) is 65.8 Å². The number of carbonyl (C=O) groups excluding carboxylic acids is 2. The first-order chi connectivity index (χ1) is 19.0. The zero-order valence-electron chi connectivity index (χ0n) is 23.5. The van der Waals surface area contributed by atoms with Crippen molar-refractivity contribution in [3.05, 3.63) is 70.8 Å². The molecule has 0 aliphatic carbocycles. The van der Waals surface area contributed by atoms with Gasteiger partial charge in [0, 0.05) is 12.5 Å². The number of thioether (sulfide) groups is 1. The molecule has 3 aromatic rings. The summed E-state index contributed by atoms with van der Waals surface area (Å²) in [7, 11) is 0. The highest BCUT2D eigenvalue weighted by atomic mass is 32.2. The predicted octanol–water partition coefficient (Wildman–Crippen LogP) is 5.71. The van der Waals surface area contributed by atoms with Gasteiger partial charge in [0.05, 0.1) is 41.9 Å². The molecule has 0 bridgehead atoms. The van der Waals surface area contributed by atoms with Crippen LogP contribution in [0.5, 0.6) is 6.01 Å². The number of imidazole rings is 1. The standard InChI is InChI=1S/C30H36FN3O5S/c1-6-25-26(16-32-28(36)27(14-18(3)4)40-19(5)35)34(30(33-25)39-7-2)17-21-13-12-20(15-24(21)31)22-10-8-9-11-23(22)29(37)38/h8-13,15,18,27H,6-7,14,16-17H2,1-5H3,(H,32,36)(H,37,38)/t27-/m0/s1. The number of carbonyl (C=O) groups is 3. The lowest BCUT2D eigenvalue weighted by molar-refractivity contribution is -0.121. The summed E-state index contributed by atoms with van der Waals surface area (Å²) in [6, 6.07) is 11.4. The van der Waals surface area contributed by atoms with Crippen LogP contribution in [0.4, 0.5) is 4.39 Å². The molecule has 0 spiro atoms. The Morgan fingerprint density at radius 1 is 1.15 bits per heavy atom. The molecule has 0 unspecified atom stereocenters. The van der Waals surface area contributed by atoms with E-state index < -0.39 is 17.0 Å². The molecule has 8 nitrogen and oxygen atoms in total. The van der Waals surface area contributed by atoms with Gasteiger partial charge in [-0.25, -0.2) is 9.18 Å². The normalized spacial score (nSPS) is 11.9. The molecule has 0 saturated heterocycles. The molecule has 0 aliphatic rings. The largest absolute Gasteiger partial charge is 0.478 e. The Bertz CT molecular complexity index is 1370. The molecule has 1 amide bonds. The lowest BCUT2D eigenvalue weighted by Gasteiger charge is -2.18. The number of ether oxygens (including phenoxy) is 1. The van der Waals surface area contributed by atoms with Gasteiger partial charge in [0.25, 0.3) is 6.01 Å². The van der Waals surface area contributed by atoms with E-state index >= 15 is 4.39 Å². The van der Waals surface area contributed by atoms with E-state index in [0.717, 1.165) is 17.5 Å². The first kappa shape index (κ1) is 30.9. The molecule has 3 rings (SSSR count). The summed E-state index contributed by atoms with van der Waals surface area (Å²) in [5.41, 5.74) is 2.73. The number of aryl methyl sites for hydroxylation is 1. The Kier molecular flexibility index (Phi) is 10.9. The molecule has 1 aromatic heterocycles. The Morgan fingerprint density at radius 3 is 2.48 bits per heavy atom. The summed E-state index contributed by atoms with van der Waals surface area (Å²) < 4.78 is 22.9. The number of hydrogen-bond donors (Lipinski definition) is 2. The summed E-state index contributed by atoms with van der Waals surface area (Å²) >= 11 is 1.02. The van der Waals surface area contributed by atoms with Crippen molar-refractivity contribution in [1.29, 1.82) is 0 Å². The molecular weight excluding hydrogens is 533 g/mol. The Morgan fingerprint density at radius 2 is 1.88 bits per heavy atom. The van der Waals surface area contributed by atoms with Gasteiger partial charge in [0.1, 0.15) is 5.82 Å². The molecule has 0 fully saturated rings. The molecule has 10 heteroatoms. The van der Waals surface area contributed by atoms with E-state index in [0.29, 0.717) is 47.8 Å². The van der Waals surface area contributed by atoms with Crippen molar-refractivity contribution in [3.63, 3.8) is 0 Å². The van der Waals surface area contributed by atoms with Gasteiger partial charge >= 0.3 is 5.97 Å². The van der Waals surface area contributed by atoms with Crippen LogP contribution in [0, 0.1) is 11.7 Å². The summed E-state index contributed by atoms with van der Waals surface area (Å²) in [5.74, 6) is -1.60.